The van der Waals surface area contributed by atoms with Crippen molar-refractivity contribution in [2.45, 2.75) is 12.8 Å². The molecule has 0 spiro atoms. The lowest BCUT2D eigenvalue weighted by Crippen LogP contribution is -2.43. The maximum atomic E-state index is 13.6. The summed E-state index contributed by atoms with van der Waals surface area (Å²) >= 11 is 19.5. The average molecular weight is 863 g/mol. The first-order valence-electron chi connectivity index (χ1n) is 17.7. The van der Waals surface area contributed by atoms with Gasteiger partial charge in [0.05, 0.1) is 26.4 Å². The van der Waals surface area contributed by atoms with Gasteiger partial charge < -0.3 is 9.47 Å². The van der Waals surface area contributed by atoms with Gasteiger partial charge in [0.25, 0.3) is 23.6 Å². The monoisotopic (exact) mass is 862 g/mol. The third kappa shape index (κ3) is 13.4. The van der Waals surface area contributed by atoms with Crippen LogP contribution in [0.1, 0.15) is 54.3 Å². The Hall–Kier alpha value is -0.300. The van der Waals surface area contributed by atoms with E-state index in [0.717, 1.165) is 107 Å². The van der Waals surface area contributed by atoms with Gasteiger partial charge in [-0.15, -0.1) is 0 Å². The van der Waals surface area contributed by atoms with Crippen molar-refractivity contribution in [1.29, 1.82) is 0 Å². The lowest BCUT2D eigenvalue weighted by atomic mass is 9.86. The second kappa shape index (κ2) is 25.8. The molecule has 2 aromatic carbocycles. The smallest absolute Gasteiger partial charge is 0.261 e. The Balaban J connectivity index is 1.17. The number of benzene rings is 2. The number of hydrogen-bond acceptors (Lipinski definition) is 14. The summed E-state index contributed by atoms with van der Waals surface area (Å²) in [4.78, 5) is 56.9. The standard InChI is InChI=1S/C36H50N2O6S8/c39-33-27-3-5-29-32-30(36(42)38(35(29)41)8-2-16-48-24-26-52-20-12-44-10-18-50-22-14-46)6-4-28(31(27)32)34(40)37(33)7-1-15-47-23-25-51-19-11-43-9-17-49-21-13-45/h3-6,45-46H,1-2,7-26H2. The Morgan fingerprint density at radius 3 is 1.02 bits per heavy atom. The number of imide groups is 2. The zero-order chi connectivity index (χ0) is 37.0. The molecule has 0 radical (unpaired) electrons. The Bertz CT molecular complexity index is 1290. The first-order valence-corrected chi connectivity index (χ1v) is 25.9. The van der Waals surface area contributed by atoms with Crippen molar-refractivity contribution in [2.75, 3.05) is 120 Å². The molecule has 0 N–H and O–H groups in total. The average Bonchev–Trinajstić information content (AvgIpc) is 3.15. The van der Waals surface area contributed by atoms with Crippen molar-refractivity contribution in [3.8, 4) is 0 Å². The molecule has 16 heteroatoms. The molecule has 2 aromatic rings. The molecule has 2 heterocycles. The molecule has 0 unspecified atom stereocenters. The van der Waals surface area contributed by atoms with Crippen molar-refractivity contribution in [2.24, 2.45) is 0 Å². The maximum absolute atomic E-state index is 13.6. The number of amides is 4. The lowest BCUT2D eigenvalue weighted by molar-refractivity contribution is 0.0589. The molecule has 0 bridgehead atoms. The van der Waals surface area contributed by atoms with E-state index in [-0.39, 0.29) is 23.6 Å². The number of ether oxygens (including phenoxy) is 2. The molecular formula is C36H50N2O6S8. The van der Waals surface area contributed by atoms with Crippen LogP contribution in [0, 0.1) is 0 Å². The molecule has 0 fully saturated rings. The van der Waals surface area contributed by atoms with Crippen LogP contribution in [0.15, 0.2) is 24.3 Å². The molecule has 52 heavy (non-hydrogen) atoms. The minimum absolute atomic E-state index is 0.328. The van der Waals surface area contributed by atoms with Gasteiger partial charge in [-0.1, -0.05) is 0 Å². The number of carbonyl (C=O) groups is 4. The summed E-state index contributed by atoms with van der Waals surface area (Å²) in [6, 6.07) is 6.60. The van der Waals surface area contributed by atoms with Crippen LogP contribution in [0.25, 0.3) is 10.8 Å². The Morgan fingerprint density at radius 1 is 0.423 bits per heavy atom. The summed E-state index contributed by atoms with van der Waals surface area (Å²) in [6.45, 7) is 3.76. The minimum atomic E-state index is -0.366. The lowest BCUT2D eigenvalue weighted by Gasteiger charge is -2.32. The van der Waals surface area contributed by atoms with Crippen LogP contribution in [-0.2, 0) is 9.47 Å². The second-order valence-corrected chi connectivity index (χ2v) is 19.9. The molecule has 0 aliphatic carbocycles. The van der Waals surface area contributed by atoms with Gasteiger partial charge in [-0.05, 0) is 60.1 Å². The summed E-state index contributed by atoms with van der Waals surface area (Å²) in [5.41, 5.74) is 1.50. The zero-order valence-corrected chi connectivity index (χ0v) is 36.2. The molecular weight excluding hydrogens is 813 g/mol. The predicted octanol–water partition coefficient (Wildman–Crippen LogP) is 7.10. The van der Waals surface area contributed by atoms with Crippen molar-refractivity contribution in [3.63, 3.8) is 0 Å². The minimum Gasteiger partial charge on any atom is -0.380 e. The number of nitrogens with zero attached hydrogens (tertiary/aromatic N) is 2. The van der Waals surface area contributed by atoms with Gasteiger partial charge in [-0.25, -0.2) is 0 Å². The molecule has 288 valence electrons. The molecule has 0 aromatic heterocycles. The highest BCUT2D eigenvalue weighted by molar-refractivity contribution is 8.03. The third-order valence-electron chi connectivity index (χ3n) is 8.11. The number of carbonyl (C=O) groups excluding carboxylic acids is 4. The maximum Gasteiger partial charge on any atom is 0.261 e. The molecule has 0 saturated carbocycles. The summed E-state index contributed by atoms with van der Waals surface area (Å²) in [5, 5.41) is 0.862. The van der Waals surface area contributed by atoms with Crippen LogP contribution in [0.2, 0.25) is 0 Å². The van der Waals surface area contributed by atoms with Crippen LogP contribution >= 0.6 is 95.8 Å². The molecule has 8 nitrogen and oxygen atoms in total. The van der Waals surface area contributed by atoms with Gasteiger partial charge in [0.15, 0.2) is 0 Å². The van der Waals surface area contributed by atoms with E-state index in [1.807, 2.05) is 70.6 Å². The first kappa shape index (κ1) is 44.4. The second-order valence-electron chi connectivity index (χ2n) is 11.6. The SMILES string of the molecule is O=C1c2ccc3c4c(ccc(c24)C(=O)N1CCCSCCSCCOCCSCCS)C(=O)N(CCCSCCSCCOCCSCCS)C3=O. The predicted molar refractivity (Wildman–Crippen MR) is 237 cm³/mol. The van der Waals surface area contributed by atoms with Crippen molar-refractivity contribution in [1.82, 2.24) is 9.80 Å². The quantitative estimate of drug-likeness (QED) is 0.0477. The van der Waals surface area contributed by atoms with E-state index in [1.165, 1.54) is 9.80 Å². The highest BCUT2D eigenvalue weighted by Gasteiger charge is 2.39. The van der Waals surface area contributed by atoms with E-state index < -0.39 is 0 Å². The topological polar surface area (TPSA) is 93.2 Å². The summed E-state index contributed by atoms with van der Waals surface area (Å²) in [5.74, 6) is 12.2. The van der Waals surface area contributed by atoms with Gasteiger partial charge in [-0.3, -0.25) is 29.0 Å². The number of thioether (sulfide) groups is 6. The van der Waals surface area contributed by atoms with Gasteiger partial charge in [0, 0.05) is 104 Å². The van der Waals surface area contributed by atoms with Crippen LogP contribution in [-0.4, -0.2) is 153 Å². The summed E-state index contributed by atoms with van der Waals surface area (Å²) in [7, 11) is 0. The Morgan fingerprint density at radius 2 is 0.712 bits per heavy atom. The fraction of sp³-hybridized carbons (Fsp3) is 0.611. The normalized spacial score (nSPS) is 14.0. The van der Waals surface area contributed by atoms with Crippen LogP contribution < -0.4 is 0 Å². The van der Waals surface area contributed by atoms with Gasteiger partial charge in [0.2, 0.25) is 0 Å². The number of hydrogen-bond donors (Lipinski definition) is 2. The van der Waals surface area contributed by atoms with Gasteiger partial charge >= 0.3 is 0 Å². The zero-order valence-electron chi connectivity index (χ0n) is 29.6. The molecule has 0 saturated heterocycles. The Labute approximate surface area is 345 Å². The molecule has 4 amide bonds. The molecule has 4 rings (SSSR count). The van der Waals surface area contributed by atoms with E-state index in [9.17, 15) is 19.2 Å². The summed E-state index contributed by atoms with van der Waals surface area (Å²) < 4.78 is 11.3. The Kier molecular flexibility index (Phi) is 22.0. The van der Waals surface area contributed by atoms with Crippen molar-refractivity contribution < 1.29 is 28.7 Å². The highest BCUT2D eigenvalue weighted by Crippen LogP contribution is 2.38. The molecule has 0 atom stereocenters. The molecule has 2 aliphatic rings. The highest BCUT2D eigenvalue weighted by atomic mass is 32.2. The van der Waals surface area contributed by atoms with E-state index in [4.69, 9.17) is 9.47 Å². The largest absolute Gasteiger partial charge is 0.380 e. The van der Waals surface area contributed by atoms with E-state index in [2.05, 4.69) is 25.3 Å². The number of thiol groups is 2. The van der Waals surface area contributed by atoms with E-state index >= 15 is 0 Å². The molecule has 2 aliphatic heterocycles. The van der Waals surface area contributed by atoms with Crippen molar-refractivity contribution >= 4 is 130 Å². The van der Waals surface area contributed by atoms with Crippen LogP contribution in [0.5, 0.6) is 0 Å². The van der Waals surface area contributed by atoms with E-state index in [1.54, 1.807) is 24.3 Å². The van der Waals surface area contributed by atoms with Crippen LogP contribution in [0.3, 0.4) is 0 Å². The van der Waals surface area contributed by atoms with Gasteiger partial charge in [0.1, 0.15) is 0 Å². The van der Waals surface area contributed by atoms with Gasteiger partial charge in [-0.2, -0.15) is 95.8 Å². The first-order chi connectivity index (χ1) is 25.5. The van der Waals surface area contributed by atoms with E-state index in [0.29, 0.717) is 59.0 Å². The van der Waals surface area contributed by atoms with Crippen molar-refractivity contribution in [3.05, 3.63) is 46.5 Å². The fourth-order valence-electron chi connectivity index (χ4n) is 5.68. The summed E-state index contributed by atoms with van der Waals surface area (Å²) in [6.07, 6.45) is 1.40. The van der Waals surface area contributed by atoms with Crippen LogP contribution in [0.4, 0.5) is 0 Å². The fourth-order valence-corrected chi connectivity index (χ4v) is 11.4. The number of rotatable bonds is 30. The third-order valence-corrected chi connectivity index (χ3v) is 15.6.